The highest BCUT2D eigenvalue weighted by molar-refractivity contribution is 6.01. The van der Waals surface area contributed by atoms with Crippen LogP contribution in [0, 0.1) is 11.8 Å². The van der Waals surface area contributed by atoms with E-state index < -0.39 is 11.5 Å². The fourth-order valence-corrected chi connectivity index (χ4v) is 4.94. The number of hydrogen-bond donors (Lipinski definition) is 2. The second-order valence-electron chi connectivity index (χ2n) is 12.5. The molecule has 10 heteroatoms. The van der Waals surface area contributed by atoms with E-state index in [0.29, 0.717) is 24.2 Å². The van der Waals surface area contributed by atoms with Crippen molar-refractivity contribution in [1.29, 1.82) is 0 Å². The van der Waals surface area contributed by atoms with Crippen molar-refractivity contribution in [1.82, 2.24) is 19.8 Å². The van der Waals surface area contributed by atoms with E-state index in [0.717, 1.165) is 24.0 Å². The number of nitrogens with zero attached hydrogens (tertiary/aromatic N) is 2. The van der Waals surface area contributed by atoms with Crippen LogP contribution in [0.15, 0.2) is 94.8 Å². The maximum Gasteiger partial charge on any atom is 0.263 e. The lowest BCUT2D eigenvalue weighted by Gasteiger charge is -2.13. The maximum absolute atomic E-state index is 12.7. The van der Waals surface area contributed by atoms with Crippen LogP contribution in [0.25, 0.3) is 0 Å². The van der Waals surface area contributed by atoms with Crippen LogP contribution in [0.1, 0.15) is 93.1 Å². The Bertz CT molecular complexity index is 1910. The van der Waals surface area contributed by atoms with Gasteiger partial charge in [0.2, 0.25) is 0 Å². The summed E-state index contributed by atoms with van der Waals surface area (Å²) in [7, 11) is 1.46. The Morgan fingerprint density at radius 2 is 1.12 bits per heavy atom. The lowest BCUT2D eigenvalue weighted by molar-refractivity contribution is 0.0927. The zero-order valence-corrected chi connectivity index (χ0v) is 28.0. The Morgan fingerprint density at radius 3 is 1.58 bits per heavy atom. The van der Waals surface area contributed by atoms with Crippen molar-refractivity contribution in [3.63, 3.8) is 0 Å². The lowest BCUT2D eigenvalue weighted by Crippen LogP contribution is -2.32. The van der Waals surface area contributed by atoms with E-state index in [2.05, 4.69) is 10.6 Å². The predicted molar refractivity (Wildman–Crippen MR) is 185 cm³/mol. The van der Waals surface area contributed by atoms with Gasteiger partial charge in [-0.1, -0.05) is 88.4 Å². The zero-order valence-electron chi connectivity index (χ0n) is 28.0. The molecule has 0 spiro atoms. The summed E-state index contributed by atoms with van der Waals surface area (Å²) in [6.45, 7) is 7.70. The first-order chi connectivity index (χ1) is 22.9. The SMILES string of the molecule is CC(C)C(=O)c1cc(C(=O)NC2CC2)cn(Cc2ccccc2)c1=O.CNC(=O)c1cc(C(=O)C(C)C)cn(Cc2ccccc2)c1=O. The number of amides is 2. The van der Waals surface area contributed by atoms with Crippen LogP contribution in [0.4, 0.5) is 0 Å². The standard InChI is InChI=1S/C20H22N2O3.C18H20N2O3/c1-13(2)18(23)17-10-15(19(24)21-16-8-9-16)12-22(20(17)25)11-14-6-4-3-5-7-14;1-12(2)16(21)14-9-15(17(22)19-3)18(23)20(11-14)10-13-7-5-4-6-8-13/h3-7,10,12-13,16H,8-9,11H2,1-2H3,(H,21,24);4-9,11-12H,10H2,1-3H3,(H,19,22). The summed E-state index contributed by atoms with van der Waals surface area (Å²) in [4.78, 5) is 74.3. The molecule has 2 aromatic carbocycles. The average molecular weight is 651 g/mol. The van der Waals surface area contributed by atoms with Crippen molar-refractivity contribution >= 4 is 23.4 Å². The number of benzene rings is 2. The van der Waals surface area contributed by atoms with Gasteiger partial charge in [0.15, 0.2) is 11.6 Å². The van der Waals surface area contributed by atoms with Crippen LogP contribution in [-0.2, 0) is 13.1 Å². The summed E-state index contributed by atoms with van der Waals surface area (Å²) in [5, 5.41) is 5.36. The van der Waals surface area contributed by atoms with Crippen LogP contribution in [0.3, 0.4) is 0 Å². The number of nitrogens with one attached hydrogen (secondary N) is 2. The number of pyridine rings is 2. The third-order valence-electron chi connectivity index (χ3n) is 7.81. The van der Waals surface area contributed by atoms with Gasteiger partial charge < -0.3 is 19.8 Å². The summed E-state index contributed by atoms with van der Waals surface area (Å²) in [5.41, 5.74) is 1.88. The first-order valence-corrected chi connectivity index (χ1v) is 16.1. The van der Waals surface area contributed by atoms with Crippen molar-refractivity contribution in [2.75, 3.05) is 7.05 Å². The van der Waals surface area contributed by atoms with Gasteiger partial charge in [-0.3, -0.25) is 28.8 Å². The van der Waals surface area contributed by atoms with Crippen LogP contribution >= 0.6 is 0 Å². The molecule has 5 rings (SSSR count). The lowest BCUT2D eigenvalue weighted by atomic mass is 10.0. The monoisotopic (exact) mass is 650 g/mol. The Labute approximate surface area is 279 Å². The van der Waals surface area contributed by atoms with Crippen molar-refractivity contribution in [2.24, 2.45) is 11.8 Å². The number of Topliss-reactive ketones (excluding diaryl/α,β-unsaturated/α-hetero) is 2. The van der Waals surface area contributed by atoms with E-state index in [1.54, 1.807) is 33.9 Å². The minimum Gasteiger partial charge on any atom is -0.355 e. The fraction of sp³-hybridized carbons (Fsp3) is 0.316. The number of carbonyl (C=O) groups is 4. The maximum atomic E-state index is 12.7. The summed E-state index contributed by atoms with van der Waals surface area (Å²) < 4.78 is 2.86. The van der Waals surface area contributed by atoms with Crippen LogP contribution in [0.2, 0.25) is 0 Å². The molecule has 2 aromatic heterocycles. The molecule has 2 heterocycles. The molecule has 0 bridgehead atoms. The molecule has 1 aliphatic rings. The number of rotatable bonds is 11. The van der Waals surface area contributed by atoms with E-state index in [-0.39, 0.29) is 52.0 Å². The zero-order chi connectivity index (χ0) is 35.0. The van der Waals surface area contributed by atoms with Gasteiger partial charge in [0.05, 0.1) is 24.2 Å². The molecule has 0 unspecified atom stereocenters. The quantitative estimate of drug-likeness (QED) is 0.226. The minimum absolute atomic E-state index is 0.0186. The van der Waals surface area contributed by atoms with E-state index >= 15 is 0 Å². The van der Waals surface area contributed by atoms with Gasteiger partial charge in [0.25, 0.3) is 22.9 Å². The van der Waals surface area contributed by atoms with E-state index in [4.69, 9.17) is 0 Å². The van der Waals surface area contributed by atoms with E-state index in [1.165, 1.54) is 34.5 Å². The Kier molecular flexibility index (Phi) is 11.8. The molecule has 1 aliphatic carbocycles. The second kappa shape index (κ2) is 15.9. The fourth-order valence-electron chi connectivity index (χ4n) is 4.94. The van der Waals surface area contributed by atoms with Gasteiger partial charge in [-0.15, -0.1) is 0 Å². The number of carbonyl (C=O) groups excluding carboxylic acids is 4. The van der Waals surface area contributed by atoms with E-state index in [9.17, 15) is 28.8 Å². The molecule has 48 heavy (non-hydrogen) atoms. The minimum atomic E-state index is -0.491. The van der Waals surface area contributed by atoms with Crippen molar-refractivity contribution in [3.05, 3.63) is 139 Å². The van der Waals surface area contributed by atoms with Gasteiger partial charge in [0.1, 0.15) is 5.56 Å². The molecule has 250 valence electrons. The topological polar surface area (TPSA) is 136 Å². The summed E-state index contributed by atoms with van der Waals surface area (Å²) in [6, 6.07) is 22.0. The molecule has 2 N–H and O–H groups in total. The molecule has 0 radical (unpaired) electrons. The molecule has 0 atom stereocenters. The second-order valence-corrected chi connectivity index (χ2v) is 12.5. The van der Waals surface area contributed by atoms with Crippen LogP contribution in [-0.4, -0.2) is 45.6 Å². The summed E-state index contributed by atoms with van der Waals surface area (Å²) in [6.07, 6.45) is 5.04. The van der Waals surface area contributed by atoms with Crippen LogP contribution in [0.5, 0.6) is 0 Å². The Hall–Kier alpha value is -5.38. The van der Waals surface area contributed by atoms with Gasteiger partial charge >= 0.3 is 0 Å². The predicted octanol–water partition coefficient (Wildman–Crippen LogP) is 4.72. The highest BCUT2D eigenvalue weighted by atomic mass is 16.2. The Morgan fingerprint density at radius 1 is 0.667 bits per heavy atom. The molecule has 0 saturated heterocycles. The van der Waals surface area contributed by atoms with E-state index in [1.807, 2.05) is 60.7 Å². The molecule has 1 fully saturated rings. The molecule has 4 aromatic rings. The van der Waals surface area contributed by atoms with Crippen molar-refractivity contribution < 1.29 is 19.2 Å². The first-order valence-electron chi connectivity index (χ1n) is 16.1. The number of ketones is 2. The third kappa shape index (κ3) is 9.12. The molecular formula is C38H42N4O6. The van der Waals surface area contributed by atoms with Crippen molar-refractivity contribution in [3.8, 4) is 0 Å². The normalized spacial score (nSPS) is 12.2. The van der Waals surface area contributed by atoms with Gasteiger partial charge in [-0.05, 0) is 36.1 Å². The molecular weight excluding hydrogens is 608 g/mol. The highest BCUT2D eigenvalue weighted by Crippen LogP contribution is 2.19. The highest BCUT2D eigenvalue weighted by Gasteiger charge is 2.26. The molecule has 0 aliphatic heterocycles. The van der Waals surface area contributed by atoms with Crippen LogP contribution < -0.4 is 21.8 Å². The number of hydrogen-bond acceptors (Lipinski definition) is 6. The Balaban J connectivity index is 0.000000218. The summed E-state index contributed by atoms with van der Waals surface area (Å²) >= 11 is 0. The third-order valence-corrected chi connectivity index (χ3v) is 7.81. The number of aromatic nitrogens is 2. The molecule has 10 nitrogen and oxygen atoms in total. The van der Waals surface area contributed by atoms with Gasteiger partial charge in [0, 0.05) is 42.9 Å². The molecule has 2 amide bonds. The molecule has 1 saturated carbocycles. The van der Waals surface area contributed by atoms with Crippen molar-refractivity contribution in [2.45, 2.75) is 59.7 Å². The summed E-state index contributed by atoms with van der Waals surface area (Å²) in [5.74, 6) is -1.59. The average Bonchev–Trinajstić information content (AvgIpc) is 3.90. The largest absolute Gasteiger partial charge is 0.355 e. The first kappa shape index (κ1) is 35.5. The smallest absolute Gasteiger partial charge is 0.263 e. The van der Waals surface area contributed by atoms with Gasteiger partial charge in [-0.25, -0.2) is 0 Å². The van der Waals surface area contributed by atoms with Gasteiger partial charge in [-0.2, -0.15) is 0 Å².